The standard InChI is InChI=1S/C20H29N5O3/c1-16-5-4-6-17(13-16)22-20(28)21-14-18(26)25-11-9-23(10-12-25)15-19(27)24-7-2-3-8-24/h4-6,13H,2-3,7-12,14-15H2,1H3,(H2,21,22,28). The molecule has 2 aliphatic heterocycles. The molecule has 0 atom stereocenters. The van der Waals surface area contributed by atoms with Gasteiger partial charge >= 0.3 is 6.03 Å². The van der Waals surface area contributed by atoms with Crippen molar-refractivity contribution < 1.29 is 14.4 Å². The molecule has 1 aromatic carbocycles. The number of aryl methyl sites for hydroxylation is 1. The van der Waals surface area contributed by atoms with Gasteiger partial charge < -0.3 is 20.4 Å². The number of carbonyl (C=O) groups excluding carboxylic acids is 3. The summed E-state index contributed by atoms with van der Waals surface area (Å²) in [5, 5.41) is 5.34. The zero-order chi connectivity index (χ0) is 19.9. The first kappa shape index (κ1) is 20.1. The maximum atomic E-state index is 12.3. The highest BCUT2D eigenvalue weighted by molar-refractivity contribution is 5.92. The smallest absolute Gasteiger partial charge is 0.319 e. The van der Waals surface area contributed by atoms with Gasteiger partial charge in [0.2, 0.25) is 11.8 Å². The molecule has 3 rings (SSSR count). The molecule has 0 radical (unpaired) electrons. The molecule has 2 heterocycles. The van der Waals surface area contributed by atoms with E-state index in [-0.39, 0.29) is 18.4 Å². The lowest BCUT2D eigenvalue weighted by molar-refractivity contribution is -0.134. The second kappa shape index (κ2) is 9.54. The highest BCUT2D eigenvalue weighted by Gasteiger charge is 2.25. The molecule has 1 aromatic rings. The van der Waals surface area contributed by atoms with Crippen LogP contribution in [0.5, 0.6) is 0 Å². The van der Waals surface area contributed by atoms with Crippen molar-refractivity contribution in [1.29, 1.82) is 0 Å². The first-order valence-corrected chi connectivity index (χ1v) is 9.91. The molecule has 0 bridgehead atoms. The minimum Gasteiger partial charge on any atom is -0.342 e. The van der Waals surface area contributed by atoms with Gasteiger partial charge in [-0.05, 0) is 37.5 Å². The largest absolute Gasteiger partial charge is 0.342 e. The molecule has 2 fully saturated rings. The fourth-order valence-electron chi connectivity index (χ4n) is 3.58. The number of nitrogens with zero attached hydrogens (tertiary/aromatic N) is 3. The Bertz CT molecular complexity index is 710. The van der Waals surface area contributed by atoms with Gasteiger partial charge in [-0.3, -0.25) is 14.5 Å². The summed E-state index contributed by atoms with van der Waals surface area (Å²) in [4.78, 5) is 42.3. The SMILES string of the molecule is Cc1cccc(NC(=O)NCC(=O)N2CCN(CC(=O)N3CCCC3)CC2)c1. The van der Waals surface area contributed by atoms with Crippen molar-refractivity contribution in [2.45, 2.75) is 19.8 Å². The molecule has 0 aromatic heterocycles. The van der Waals surface area contributed by atoms with E-state index in [1.807, 2.05) is 30.0 Å². The Labute approximate surface area is 165 Å². The van der Waals surface area contributed by atoms with E-state index in [4.69, 9.17) is 0 Å². The number of amides is 4. The van der Waals surface area contributed by atoms with Crippen LogP contribution in [0.15, 0.2) is 24.3 Å². The Hall–Kier alpha value is -2.61. The Morgan fingerprint density at radius 3 is 2.29 bits per heavy atom. The molecule has 0 unspecified atom stereocenters. The van der Waals surface area contributed by atoms with E-state index < -0.39 is 6.03 Å². The molecule has 0 aliphatic carbocycles. The zero-order valence-corrected chi connectivity index (χ0v) is 16.4. The molecule has 2 N–H and O–H groups in total. The fraction of sp³-hybridized carbons (Fsp3) is 0.550. The minimum atomic E-state index is -0.395. The van der Waals surface area contributed by atoms with E-state index in [9.17, 15) is 14.4 Å². The van der Waals surface area contributed by atoms with Crippen LogP contribution in [0.3, 0.4) is 0 Å². The van der Waals surface area contributed by atoms with Crippen LogP contribution in [0, 0.1) is 6.92 Å². The van der Waals surface area contributed by atoms with Gasteiger partial charge in [0, 0.05) is 45.0 Å². The van der Waals surface area contributed by atoms with Gasteiger partial charge in [-0.2, -0.15) is 0 Å². The Morgan fingerprint density at radius 2 is 1.61 bits per heavy atom. The number of likely N-dealkylation sites (tertiary alicyclic amines) is 1. The molecular weight excluding hydrogens is 358 g/mol. The van der Waals surface area contributed by atoms with Crippen LogP contribution < -0.4 is 10.6 Å². The van der Waals surface area contributed by atoms with Crippen LogP contribution in [-0.2, 0) is 9.59 Å². The van der Waals surface area contributed by atoms with Crippen molar-refractivity contribution in [3.63, 3.8) is 0 Å². The van der Waals surface area contributed by atoms with Gasteiger partial charge in [0.1, 0.15) is 0 Å². The van der Waals surface area contributed by atoms with Crippen LogP contribution in [0.1, 0.15) is 18.4 Å². The summed E-state index contributed by atoms with van der Waals surface area (Å²) in [6.07, 6.45) is 2.19. The third kappa shape index (κ3) is 5.69. The lowest BCUT2D eigenvalue weighted by Crippen LogP contribution is -2.53. The van der Waals surface area contributed by atoms with Crippen molar-refractivity contribution in [2.24, 2.45) is 0 Å². The summed E-state index contributed by atoms with van der Waals surface area (Å²) < 4.78 is 0. The third-order valence-electron chi connectivity index (χ3n) is 5.22. The second-order valence-corrected chi connectivity index (χ2v) is 7.42. The Balaban J connectivity index is 1.35. The molecule has 0 spiro atoms. The summed E-state index contributed by atoms with van der Waals surface area (Å²) in [6.45, 7) is 6.60. The van der Waals surface area contributed by atoms with E-state index >= 15 is 0 Å². The molecule has 2 aliphatic rings. The highest BCUT2D eigenvalue weighted by atomic mass is 16.2. The average molecular weight is 387 g/mol. The predicted molar refractivity (Wildman–Crippen MR) is 107 cm³/mol. The van der Waals surface area contributed by atoms with Gasteiger partial charge in [-0.1, -0.05) is 12.1 Å². The number of hydrogen-bond donors (Lipinski definition) is 2. The lowest BCUT2D eigenvalue weighted by atomic mass is 10.2. The number of urea groups is 1. The van der Waals surface area contributed by atoms with Crippen molar-refractivity contribution in [3.8, 4) is 0 Å². The molecule has 8 heteroatoms. The Morgan fingerprint density at radius 1 is 0.929 bits per heavy atom. The van der Waals surface area contributed by atoms with Gasteiger partial charge in [0.05, 0.1) is 13.1 Å². The van der Waals surface area contributed by atoms with E-state index in [2.05, 4.69) is 15.5 Å². The summed E-state index contributed by atoms with van der Waals surface area (Å²) >= 11 is 0. The van der Waals surface area contributed by atoms with E-state index in [1.165, 1.54) is 0 Å². The lowest BCUT2D eigenvalue weighted by Gasteiger charge is -2.35. The Kier molecular flexibility index (Phi) is 6.86. The number of benzene rings is 1. The van der Waals surface area contributed by atoms with Gasteiger partial charge in [0.15, 0.2) is 0 Å². The number of carbonyl (C=O) groups is 3. The number of nitrogens with one attached hydrogen (secondary N) is 2. The number of piperazine rings is 1. The number of hydrogen-bond acceptors (Lipinski definition) is 4. The monoisotopic (exact) mass is 387 g/mol. The molecule has 0 saturated carbocycles. The first-order valence-electron chi connectivity index (χ1n) is 9.91. The van der Waals surface area contributed by atoms with Crippen molar-refractivity contribution in [3.05, 3.63) is 29.8 Å². The van der Waals surface area contributed by atoms with Crippen LogP contribution in [0.2, 0.25) is 0 Å². The normalized spacial score (nSPS) is 17.5. The van der Waals surface area contributed by atoms with Crippen molar-refractivity contribution in [1.82, 2.24) is 20.0 Å². The average Bonchev–Trinajstić information content (AvgIpc) is 3.22. The maximum absolute atomic E-state index is 12.3. The number of rotatable bonds is 5. The first-order chi connectivity index (χ1) is 13.5. The van der Waals surface area contributed by atoms with Crippen molar-refractivity contribution in [2.75, 3.05) is 57.7 Å². The highest BCUT2D eigenvalue weighted by Crippen LogP contribution is 2.10. The summed E-state index contributed by atoms with van der Waals surface area (Å²) in [5.74, 6) is 0.0803. The fourth-order valence-corrected chi connectivity index (χ4v) is 3.58. The van der Waals surface area contributed by atoms with Gasteiger partial charge in [0.25, 0.3) is 0 Å². The minimum absolute atomic E-state index is 0.0373. The second-order valence-electron chi connectivity index (χ2n) is 7.42. The topological polar surface area (TPSA) is 85.0 Å². The van der Waals surface area contributed by atoms with Crippen LogP contribution in [-0.4, -0.2) is 84.9 Å². The quantitative estimate of drug-likeness (QED) is 0.786. The third-order valence-corrected chi connectivity index (χ3v) is 5.22. The van der Waals surface area contributed by atoms with Gasteiger partial charge in [-0.15, -0.1) is 0 Å². The summed E-state index contributed by atoms with van der Waals surface area (Å²) in [6, 6.07) is 7.09. The van der Waals surface area contributed by atoms with E-state index in [1.54, 1.807) is 11.0 Å². The van der Waals surface area contributed by atoms with Crippen LogP contribution >= 0.6 is 0 Å². The molecule has 4 amide bonds. The molecule has 2 saturated heterocycles. The van der Waals surface area contributed by atoms with Crippen LogP contribution in [0.4, 0.5) is 10.5 Å². The van der Waals surface area contributed by atoms with E-state index in [0.717, 1.165) is 31.5 Å². The molecule has 8 nitrogen and oxygen atoms in total. The summed E-state index contributed by atoms with van der Waals surface area (Å²) in [7, 11) is 0. The van der Waals surface area contributed by atoms with Crippen molar-refractivity contribution >= 4 is 23.5 Å². The zero-order valence-electron chi connectivity index (χ0n) is 16.4. The summed E-state index contributed by atoms with van der Waals surface area (Å²) in [5.41, 5.74) is 1.75. The molecule has 152 valence electrons. The maximum Gasteiger partial charge on any atom is 0.319 e. The number of anilines is 1. The molecular formula is C20H29N5O3. The molecule has 28 heavy (non-hydrogen) atoms. The van der Waals surface area contributed by atoms with E-state index in [0.29, 0.717) is 38.4 Å². The van der Waals surface area contributed by atoms with Crippen LogP contribution in [0.25, 0.3) is 0 Å². The predicted octanol–water partition coefficient (Wildman–Crippen LogP) is 0.883. The van der Waals surface area contributed by atoms with Gasteiger partial charge in [-0.25, -0.2) is 4.79 Å².